The number of aryl methyl sites for hydroxylation is 1. The van der Waals surface area contributed by atoms with E-state index < -0.39 is 5.60 Å². The molecule has 2 fully saturated rings. The number of anilines is 1. The van der Waals surface area contributed by atoms with Crippen LogP contribution in [-0.2, 0) is 9.53 Å². The fourth-order valence-corrected chi connectivity index (χ4v) is 3.94. The van der Waals surface area contributed by atoms with Gasteiger partial charge in [-0.1, -0.05) is 18.2 Å². The lowest BCUT2D eigenvalue weighted by Gasteiger charge is -2.47. The second kappa shape index (κ2) is 7.36. The van der Waals surface area contributed by atoms with E-state index in [9.17, 15) is 14.0 Å². The first-order chi connectivity index (χ1) is 13.5. The van der Waals surface area contributed by atoms with E-state index >= 15 is 0 Å². The molecule has 2 saturated heterocycles. The number of halogens is 1. The van der Waals surface area contributed by atoms with Crippen LogP contribution in [0, 0.1) is 12.7 Å². The Bertz CT molecular complexity index is 892. The molecule has 2 heterocycles. The number of para-hydroxylation sites is 1. The number of benzene rings is 2. The van der Waals surface area contributed by atoms with Gasteiger partial charge in [0.1, 0.15) is 12.4 Å². The van der Waals surface area contributed by atoms with Crippen LogP contribution in [0.2, 0.25) is 0 Å². The Morgan fingerprint density at radius 3 is 2.50 bits per heavy atom. The van der Waals surface area contributed by atoms with Crippen molar-refractivity contribution in [2.24, 2.45) is 0 Å². The number of carbonyl (C=O) groups is 2. The summed E-state index contributed by atoms with van der Waals surface area (Å²) in [6.07, 6.45) is 1.32. The predicted molar refractivity (Wildman–Crippen MR) is 104 cm³/mol. The summed E-state index contributed by atoms with van der Waals surface area (Å²) in [6, 6.07) is 14.1. The van der Waals surface area contributed by atoms with Crippen LogP contribution in [0.25, 0.3) is 0 Å². The zero-order valence-corrected chi connectivity index (χ0v) is 15.9. The minimum atomic E-state index is -0.431. The summed E-state index contributed by atoms with van der Waals surface area (Å²) < 4.78 is 19.4. The maximum absolute atomic E-state index is 13.5. The number of morpholine rings is 1. The summed E-state index contributed by atoms with van der Waals surface area (Å²) >= 11 is 0. The second-order valence-electron chi connectivity index (χ2n) is 7.54. The quantitative estimate of drug-likeness (QED) is 0.802. The molecule has 0 aromatic heterocycles. The van der Waals surface area contributed by atoms with Crippen molar-refractivity contribution in [2.75, 3.05) is 31.1 Å². The van der Waals surface area contributed by atoms with Crippen molar-refractivity contribution in [1.29, 1.82) is 0 Å². The van der Waals surface area contributed by atoms with Gasteiger partial charge in [-0.2, -0.15) is 0 Å². The molecule has 4 rings (SSSR count). The molecule has 6 heteroatoms. The van der Waals surface area contributed by atoms with Crippen molar-refractivity contribution in [3.8, 4) is 0 Å². The van der Waals surface area contributed by atoms with Gasteiger partial charge >= 0.3 is 0 Å². The van der Waals surface area contributed by atoms with Crippen LogP contribution in [0.3, 0.4) is 0 Å². The SMILES string of the molecule is Cc1cc(C(=O)N2CCC3(CC2)CN(c2ccccc2)C(=O)CO3)ccc1F. The highest BCUT2D eigenvalue weighted by molar-refractivity contribution is 5.95. The van der Waals surface area contributed by atoms with Crippen molar-refractivity contribution in [3.63, 3.8) is 0 Å². The molecular weight excluding hydrogens is 359 g/mol. The van der Waals surface area contributed by atoms with Gasteiger partial charge in [-0.25, -0.2) is 4.39 Å². The third-order valence-electron chi connectivity index (χ3n) is 5.68. The molecule has 1 spiro atoms. The van der Waals surface area contributed by atoms with Crippen molar-refractivity contribution in [1.82, 2.24) is 4.90 Å². The zero-order chi connectivity index (χ0) is 19.7. The Morgan fingerprint density at radius 2 is 1.82 bits per heavy atom. The van der Waals surface area contributed by atoms with Gasteiger partial charge in [-0.15, -0.1) is 0 Å². The molecule has 0 N–H and O–H groups in total. The molecule has 5 nitrogen and oxygen atoms in total. The number of rotatable bonds is 2. The average molecular weight is 382 g/mol. The van der Waals surface area contributed by atoms with Crippen molar-refractivity contribution in [3.05, 3.63) is 65.5 Å². The van der Waals surface area contributed by atoms with E-state index in [0.717, 1.165) is 5.69 Å². The van der Waals surface area contributed by atoms with Gasteiger partial charge in [0.25, 0.3) is 11.8 Å². The van der Waals surface area contributed by atoms with Gasteiger partial charge < -0.3 is 14.5 Å². The Kier molecular flexibility index (Phi) is 4.89. The molecule has 2 amide bonds. The molecule has 28 heavy (non-hydrogen) atoms. The maximum atomic E-state index is 13.5. The number of ether oxygens (including phenoxy) is 1. The lowest BCUT2D eigenvalue weighted by molar-refractivity contribution is -0.143. The van der Waals surface area contributed by atoms with E-state index in [1.165, 1.54) is 12.1 Å². The van der Waals surface area contributed by atoms with Gasteiger partial charge in [-0.05, 0) is 55.7 Å². The van der Waals surface area contributed by atoms with Gasteiger partial charge in [0.05, 0.1) is 12.1 Å². The average Bonchev–Trinajstić information content (AvgIpc) is 2.73. The Morgan fingerprint density at radius 1 is 1.11 bits per heavy atom. The van der Waals surface area contributed by atoms with Crippen LogP contribution in [0.4, 0.5) is 10.1 Å². The Labute approximate surface area is 163 Å². The molecule has 0 saturated carbocycles. The molecule has 2 aromatic carbocycles. The van der Waals surface area contributed by atoms with E-state index in [1.54, 1.807) is 22.8 Å². The van der Waals surface area contributed by atoms with Crippen LogP contribution >= 0.6 is 0 Å². The van der Waals surface area contributed by atoms with Gasteiger partial charge in [0.15, 0.2) is 0 Å². The van der Waals surface area contributed by atoms with Crippen molar-refractivity contribution < 1.29 is 18.7 Å². The molecule has 2 aromatic rings. The number of likely N-dealkylation sites (tertiary alicyclic amines) is 1. The zero-order valence-electron chi connectivity index (χ0n) is 15.9. The summed E-state index contributed by atoms with van der Waals surface area (Å²) in [5.41, 5.74) is 1.40. The number of carbonyl (C=O) groups excluding carboxylic acids is 2. The molecule has 0 aliphatic carbocycles. The lowest BCUT2D eigenvalue weighted by Crippen LogP contribution is -2.59. The Balaban J connectivity index is 1.45. The molecule has 0 atom stereocenters. The van der Waals surface area contributed by atoms with E-state index in [0.29, 0.717) is 43.6 Å². The summed E-state index contributed by atoms with van der Waals surface area (Å²) in [5, 5.41) is 0. The van der Waals surface area contributed by atoms with Crippen LogP contribution in [-0.4, -0.2) is 48.6 Å². The monoisotopic (exact) mass is 382 g/mol. The highest BCUT2D eigenvalue weighted by atomic mass is 19.1. The number of nitrogens with zero attached hydrogens (tertiary/aromatic N) is 2. The summed E-state index contributed by atoms with van der Waals surface area (Å²) in [5.74, 6) is -0.447. The summed E-state index contributed by atoms with van der Waals surface area (Å²) in [4.78, 5) is 28.7. The van der Waals surface area contributed by atoms with Crippen molar-refractivity contribution in [2.45, 2.75) is 25.4 Å². The fourth-order valence-electron chi connectivity index (χ4n) is 3.94. The minimum absolute atomic E-state index is 0.0443. The highest BCUT2D eigenvalue weighted by Crippen LogP contribution is 2.33. The third-order valence-corrected chi connectivity index (χ3v) is 5.68. The molecule has 146 valence electrons. The lowest BCUT2D eigenvalue weighted by atomic mass is 9.88. The fraction of sp³-hybridized carbons (Fsp3) is 0.364. The molecule has 0 unspecified atom stereocenters. The maximum Gasteiger partial charge on any atom is 0.253 e. The van der Waals surface area contributed by atoms with Crippen LogP contribution in [0.15, 0.2) is 48.5 Å². The van der Waals surface area contributed by atoms with Gasteiger partial charge in [0.2, 0.25) is 0 Å². The second-order valence-corrected chi connectivity index (χ2v) is 7.54. The topological polar surface area (TPSA) is 49.9 Å². The van der Waals surface area contributed by atoms with E-state index in [4.69, 9.17) is 4.74 Å². The molecule has 0 radical (unpaired) electrons. The van der Waals surface area contributed by atoms with E-state index in [2.05, 4.69) is 0 Å². The number of piperidine rings is 1. The third kappa shape index (κ3) is 3.52. The van der Waals surface area contributed by atoms with Gasteiger partial charge in [-0.3, -0.25) is 9.59 Å². The molecular formula is C22H23FN2O3. The number of amides is 2. The standard InChI is InChI=1S/C22H23FN2O3/c1-16-13-17(7-8-19(16)23)21(27)24-11-9-22(10-12-24)15-25(20(26)14-28-22)18-5-3-2-4-6-18/h2-8,13H,9-12,14-15H2,1H3. The normalized spacial score (nSPS) is 19.1. The minimum Gasteiger partial charge on any atom is -0.363 e. The van der Waals surface area contributed by atoms with Crippen LogP contribution in [0.1, 0.15) is 28.8 Å². The first-order valence-electron chi connectivity index (χ1n) is 9.52. The summed E-state index contributed by atoms with van der Waals surface area (Å²) in [6.45, 7) is 3.30. The number of hydrogen-bond donors (Lipinski definition) is 0. The predicted octanol–water partition coefficient (Wildman–Crippen LogP) is 3.17. The number of hydrogen-bond acceptors (Lipinski definition) is 3. The highest BCUT2D eigenvalue weighted by Gasteiger charge is 2.43. The van der Waals surface area contributed by atoms with Crippen LogP contribution < -0.4 is 4.90 Å². The van der Waals surface area contributed by atoms with Crippen molar-refractivity contribution >= 4 is 17.5 Å². The van der Waals surface area contributed by atoms with E-state index in [-0.39, 0.29) is 24.2 Å². The first kappa shape index (κ1) is 18.6. The largest absolute Gasteiger partial charge is 0.363 e. The van der Waals surface area contributed by atoms with Gasteiger partial charge in [0, 0.05) is 24.3 Å². The molecule has 2 aliphatic rings. The Hall–Kier alpha value is -2.73. The van der Waals surface area contributed by atoms with Crippen LogP contribution in [0.5, 0.6) is 0 Å². The first-order valence-corrected chi connectivity index (χ1v) is 9.52. The molecule has 2 aliphatic heterocycles. The smallest absolute Gasteiger partial charge is 0.253 e. The van der Waals surface area contributed by atoms with E-state index in [1.807, 2.05) is 30.3 Å². The molecule has 0 bridgehead atoms. The summed E-state index contributed by atoms with van der Waals surface area (Å²) in [7, 11) is 0.